The fourth-order valence-corrected chi connectivity index (χ4v) is 3.89. The van der Waals surface area contributed by atoms with Crippen molar-refractivity contribution in [2.24, 2.45) is 0 Å². The molecule has 0 radical (unpaired) electrons. The van der Waals surface area contributed by atoms with Crippen LogP contribution in [0.4, 0.5) is 5.13 Å². The number of carbonyl (C=O) groups is 1. The molecule has 0 atom stereocenters. The third-order valence-electron chi connectivity index (χ3n) is 3.55. The van der Waals surface area contributed by atoms with Crippen molar-refractivity contribution in [3.05, 3.63) is 35.9 Å². The molecule has 2 aromatic rings. The number of anilines is 1. The van der Waals surface area contributed by atoms with Gasteiger partial charge in [0.05, 0.1) is 5.75 Å². The summed E-state index contributed by atoms with van der Waals surface area (Å²) in [7, 11) is 0. The van der Waals surface area contributed by atoms with E-state index in [1.54, 1.807) is 0 Å². The average Bonchev–Trinajstić information content (AvgIpc) is 3.03. The molecule has 0 bridgehead atoms. The van der Waals surface area contributed by atoms with E-state index in [1.807, 2.05) is 23.1 Å². The number of hydrogen-bond donors (Lipinski definition) is 1. The fourth-order valence-electron chi connectivity index (χ4n) is 2.24. The summed E-state index contributed by atoms with van der Waals surface area (Å²) in [4.78, 5) is 14.7. The highest BCUT2D eigenvalue weighted by Gasteiger charge is 2.26. The van der Waals surface area contributed by atoms with E-state index in [-0.39, 0.29) is 11.4 Å². The number of thioether (sulfide) groups is 1. The van der Waals surface area contributed by atoms with Gasteiger partial charge in [-0.25, -0.2) is 0 Å². The lowest BCUT2D eigenvalue weighted by Crippen LogP contribution is -2.45. The maximum absolute atomic E-state index is 12.8. The Bertz CT molecular complexity index is 667. The first-order chi connectivity index (χ1) is 11.9. The molecule has 0 saturated carbocycles. The molecule has 0 fully saturated rings. The number of aromatic nitrogens is 2. The number of benzene rings is 1. The zero-order valence-electron chi connectivity index (χ0n) is 15.3. The fraction of sp³-hybridized carbons (Fsp3) is 0.500. The Morgan fingerprint density at radius 2 is 1.96 bits per heavy atom. The summed E-state index contributed by atoms with van der Waals surface area (Å²) in [6.07, 6.45) is 1.04. The predicted molar refractivity (Wildman–Crippen MR) is 106 cm³/mol. The molecule has 1 aromatic carbocycles. The molecule has 0 saturated heterocycles. The Hall–Kier alpha value is -1.60. The maximum atomic E-state index is 12.8. The molecule has 1 aromatic heterocycles. The molecule has 0 aliphatic heterocycles. The molecule has 0 aliphatic rings. The van der Waals surface area contributed by atoms with Gasteiger partial charge in [0.2, 0.25) is 11.0 Å². The van der Waals surface area contributed by atoms with Gasteiger partial charge in [0.15, 0.2) is 4.34 Å². The van der Waals surface area contributed by atoms with Gasteiger partial charge in [-0.3, -0.25) is 4.79 Å². The summed E-state index contributed by atoms with van der Waals surface area (Å²) in [5, 5.41) is 12.3. The average molecular weight is 379 g/mol. The van der Waals surface area contributed by atoms with Crippen LogP contribution in [0.5, 0.6) is 0 Å². The van der Waals surface area contributed by atoms with Crippen molar-refractivity contribution in [3.63, 3.8) is 0 Å². The first-order valence-electron chi connectivity index (χ1n) is 8.44. The predicted octanol–water partition coefficient (Wildman–Crippen LogP) is 4.28. The molecule has 7 heteroatoms. The third kappa shape index (κ3) is 6.32. The van der Waals surface area contributed by atoms with Crippen molar-refractivity contribution >= 4 is 34.1 Å². The van der Waals surface area contributed by atoms with Crippen molar-refractivity contribution < 1.29 is 4.79 Å². The molecular formula is C18H26N4OS2. The van der Waals surface area contributed by atoms with Gasteiger partial charge in [0.1, 0.15) is 0 Å². The summed E-state index contributed by atoms with van der Waals surface area (Å²) < 4.78 is 0.820. The van der Waals surface area contributed by atoms with Crippen molar-refractivity contribution in [1.29, 1.82) is 0 Å². The van der Waals surface area contributed by atoms with E-state index in [2.05, 4.69) is 55.3 Å². The maximum Gasteiger partial charge on any atom is 0.233 e. The molecule has 2 rings (SSSR count). The van der Waals surface area contributed by atoms with Crippen LogP contribution in [0, 0.1) is 0 Å². The number of hydrogen-bond acceptors (Lipinski definition) is 6. The number of nitrogens with one attached hydrogen (secondary N) is 1. The van der Waals surface area contributed by atoms with Crippen LogP contribution in [0.3, 0.4) is 0 Å². The normalized spacial score (nSPS) is 11.4. The summed E-state index contributed by atoms with van der Waals surface area (Å²) in [6, 6.07) is 10.1. The van der Waals surface area contributed by atoms with Crippen LogP contribution in [-0.2, 0) is 11.3 Å². The van der Waals surface area contributed by atoms with Gasteiger partial charge in [-0.15, -0.1) is 10.2 Å². The van der Waals surface area contributed by atoms with Crippen LogP contribution < -0.4 is 5.32 Å². The lowest BCUT2D eigenvalue weighted by Gasteiger charge is -2.36. The second kappa shape index (κ2) is 9.20. The minimum Gasteiger partial charge on any atom is -0.360 e. The quantitative estimate of drug-likeness (QED) is 0.695. The number of rotatable bonds is 8. The Labute approximate surface area is 158 Å². The van der Waals surface area contributed by atoms with Crippen LogP contribution in [0.25, 0.3) is 0 Å². The van der Waals surface area contributed by atoms with E-state index < -0.39 is 0 Å². The van der Waals surface area contributed by atoms with Crippen molar-refractivity contribution in [2.75, 3.05) is 17.6 Å². The van der Waals surface area contributed by atoms with Crippen LogP contribution in [0.15, 0.2) is 34.7 Å². The minimum atomic E-state index is -0.234. The molecule has 1 N–H and O–H groups in total. The smallest absolute Gasteiger partial charge is 0.233 e. The van der Waals surface area contributed by atoms with E-state index in [1.165, 1.54) is 23.1 Å². The molecule has 1 amide bonds. The van der Waals surface area contributed by atoms with Crippen molar-refractivity contribution in [3.8, 4) is 0 Å². The molecule has 5 nitrogen and oxygen atoms in total. The molecule has 0 unspecified atom stereocenters. The Morgan fingerprint density at radius 3 is 2.60 bits per heavy atom. The highest BCUT2D eigenvalue weighted by atomic mass is 32.2. The monoisotopic (exact) mass is 378 g/mol. The third-order valence-corrected chi connectivity index (χ3v) is 5.55. The zero-order chi connectivity index (χ0) is 18.3. The number of nitrogens with zero attached hydrogens (tertiary/aromatic N) is 3. The van der Waals surface area contributed by atoms with E-state index in [0.29, 0.717) is 12.3 Å². The van der Waals surface area contributed by atoms with Crippen molar-refractivity contribution in [2.45, 2.75) is 50.5 Å². The SMILES string of the molecule is CCCNc1nnc(SCC(=O)N(Cc2ccccc2)C(C)(C)C)s1. The van der Waals surface area contributed by atoms with Crippen LogP contribution >= 0.6 is 23.1 Å². The summed E-state index contributed by atoms with van der Waals surface area (Å²) in [6.45, 7) is 9.80. The second-order valence-electron chi connectivity index (χ2n) is 6.72. The topological polar surface area (TPSA) is 58.1 Å². The van der Waals surface area contributed by atoms with Gasteiger partial charge < -0.3 is 10.2 Å². The van der Waals surface area contributed by atoms with Crippen LogP contribution in [-0.4, -0.2) is 38.8 Å². The zero-order valence-corrected chi connectivity index (χ0v) is 16.9. The highest BCUT2D eigenvalue weighted by Crippen LogP contribution is 2.27. The highest BCUT2D eigenvalue weighted by molar-refractivity contribution is 8.01. The standard InChI is InChI=1S/C18H26N4OS2/c1-5-11-19-16-20-21-17(25-16)24-13-15(23)22(18(2,3)4)12-14-9-7-6-8-10-14/h6-10H,5,11-13H2,1-4H3,(H,19,20). The van der Waals surface area contributed by atoms with Crippen LogP contribution in [0.1, 0.15) is 39.7 Å². The van der Waals surface area contributed by atoms with Crippen LogP contribution in [0.2, 0.25) is 0 Å². The minimum absolute atomic E-state index is 0.111. The molecule has 25 heavy (non-hydrogen) atoms. The Morgan fingerprint density at radius 1 is 1.24 bits per heavy atom. The van der Waals surface area contributed by atoms with Crippen molar-refractivity contribution in [1.82, 2.24) is 15.1 Å². The summed E-state index contributed by atoms with van der Waals surface area (Å²) >= 11 is 2.95. The van der Waals surface area contributed by atoms with Gasteiger partial charge in [-0.05, 0) is 32.8 Å². The van der Waals surface area contributed by atoms with E-state index in [0.717, 1.165) is 28.0 Å². The Kier molecular flexibility index (Phi) is 7.25. The summed E-state index contributed by atoms with van der Waals surface area (Å²) in [5.41, 5.74) is 0.903. The first kappa shape index (κ1) is 19.7. The van der Waals surface area contributed by atoms with Gasteiger partial charge in [-0.1, -0.05) is 60.4 Å². The Balaban J connectivity index is 1.96. The lowest BCUT2D eigenvalue weighted by molar-refractivity contribution is -0.133. The van der Waals surface area contributed by atoms with E-state index in [9.17, 15) is 4.79 Å². The molecule has 0 spiro atoms. The van der Waals surface area contributed by atoms with Gasteiger partial charge in [0.25, 0.3) is 0 Å². The molecular weight excluding hydrogens is 352 g/mol. The largest absolute Gasteiger partial charge is 0.360 e. The molecule has 0 aliphatic carbocycles. The number of carbonyl (C=O) groups excluding carboxylic acids is 1. The van der Waals surface area contributed by atoms with E-state index in [4.69, 9.17) is 0 Å². The first-order valence-corrected chi connectivity index (χ1v) is 10.2. The molecule has 1 heterocycles. The van der Waals surface area contributed by atoms with E-state index >= 15 is 0 Å². The van der Waals surface area contributed by atoms with Gasteiger partial charge in [-0.2, -0.15) is 0 Å². The van der Waals surface area contributed by atoms with Gasteiger partial charge in [0, 0.05) is 18.6 Å². The molecule has 136 valence electrons. The summed E-state index contributed by atoms with van der Waals surface area (Å²) in [5.74, 6) is 0.478. The van der Waals surface area contributed by atoms with Gasteiger partial charge >= 0.3 is 0 Å². The number of amides is 1. The lowest BCUT2D eigenvalue weighted by atomic mass is 10.0. The second-order valence-corrected chi connectivity index (χ2v) is 8.92.